The normalized spacial score (nSPS) is 10.8. The van der Waals surface area contributed by atoms with Crippen molar-refractivity contribution in [3.8, 4) is 0 Å². The summed E-state index contributed by atoms with van der Waals surface area (Å²) in [5.41, 5.74) is 1.98. The first-order valence-electron chi connectivity index (χ1n) is 7.29. The van der Waals surface area contributed by atoms with Crippen LogP contribution < -0.4 is 10.7 Å². The fourth-order valence-corrected chi connectivity index (χ4v) is 2.67. The molecule has 1 heterocycles. The number of amides is 1. The first-order valence-corrected chi connectivity index (χ1v) is 7.66. The van der Waals surface area contributed by atoms with E-state index in [4.69, 9.17) is 11.6 Å². The Bertz CT molecular complexity index is 998. The van der Waals surface area contributed by atoms with Crippen LogP contribution in [0, 0.1) is 12.7 Å². The molecule has 0 atom stereocenters. The Hall–Kier alpha value is -2.66. The van der Waals surface area contributed by atoms with Gasteiger partial charge >= 0.3 is 0 Å². The zero-order valence-corrected chi connectivity index (χ0v) is 13.6. The third-order valence-corrected chi connectivity index (χ3v) is 3.94. The molecule has 0 saturated carbocycles. The molecule has 1 amide bonds. The van der Waals surface area contributed by atoms with Gasteiger partial charge in [-0.1, -0.05) is 23.2 Å². The number of benzene rings is 2. The summed E-state index contributed by atoms with van der Waals surface area (Å²) >= 11 is 5.70. The summed E-state index contributed by atoms with van der Waals surface area (Å²) in [4.78, 5) is 24.2. The summed E-state index contributed by atoms with van der Waals surface area (Å²) in [6.45, 7) is 1.93. The number of anilines is 1. The predicted molar refractivity (Wildman–Crippen MR) is 93.0 cm³/mol. The second-order valence-corrected chi connectivity index (χ2v) is 5.91. The van der Waals surface area contributed by atoms with Gasteiger partial charge in [0.15, 0.2) is 5.43 Å². The molecule has 0 fully saturated rings. The minimum Gasteiger partial charge on any atom is -0.338 e. The van der Waals surface area contributed by atoms with Gasteiger partial charge in [0.05, 0.1) is 10.5 Å². The van der Waals surface area contributed by atoms with E-state index in [9.17, 15) is 14.0 Å². The van der Waals surface area contributed by atoms with Crippen molar-refractivity contribution in [1.29, 1.82) is 0 Å². The Morgan fingerprint density at radius 2 is 2.00 bits per heavy atom. The molecule has 4 nitrogen and oxygen atoms in total. The Morgan fingerprint density at radius 1 is 1.21 bits per heavy atom. The molecule has 24 heavy (non-hydrogen) atoms. The van der Waals surface area contributed by atoms with E-state index in [1.807, 2.05) is 19.1 Å². The van der Waals surface area contributed by atoms with E-state index in [0.29, 0.717) is 16.6 Å². The quantitative estimate of drug-likeness (QED) is 0.787. The fraction of sp³-hybridized carbons (Fsp3) is 0.111. The van der Waals surface area contributed by atoms with E-state index in [-0.39, 0.29) is 22.9 Å². The average Bonchev–Trinajstić information content (AvgIpc) is 2.54. The Balaban J connectivity index is 1.87. The predicted octanol–water partition coefficient (Wildman–Crippen LogP) is 3.74. The molecule has 2 aromatic carbocycles. The fourth-order valence-electron chi connectivity index (χ4n) is 2.49. The SMILES string of the molecule is Cc1ccc2c(c1)c(=O)ccn2CC(=O)Nc1ccc(F)c(Cl)c1. The Kier molecular flexibility index (Phi) is 4.36. The van der Waals surface area contributed by atoms with E-state index >= 15 is 0 Å². The molecule has 0 unspecified atom stereocenters. The van der Waals surface area contributed by atoms with Crippen LogP contribution in [0.1, 0.15) is 5.56 Å². The number of carbonyl (C=O) groups excluding carboxylic acids is 1. The number of aryl methyl sites for hydroxylation is 1. The lowest BCUT2D eigenvalue weighted by Gasteiger charge is -2.12. The van der Waals surface area contributed by atoms with E-state index in [1.165, 1.54) is 24.3 Å². The number of halogens is 2. The van der Waals surface area contributed by atoms with Crippen molar-refractivity contribution in [2.24, 2.45) is 0 Å². The topological polar surface area (TPSA) is 51.1 Å². The molecule has 1 aromatic heterocycles. The van der Waals surface area contributed by atoms with Gasteiger partial charge in [-0.05, 0) is 37.3 Å². The lowest BCUT2D eigenvalue weighted by Crippen LogP contribution is -2.20. The number of rotatable bonds is 3. The van der Waals surface area contributed by atoms with Crippen LogP contribution in [-0.2, 0) is 11.3 Å². The molecule has 0 aliphatic heterocycles. The van der Waals surface area contributed by atoms with Gasteiger partial charge in [-0.3, -0.25) is 9.59 Å². The maximum atomic E-state index is 13.1. The van der Waals surface area contributed by atoms with Gasteiger partial charge in [0.25, 0.3) is 0 Å². The maximum absolute atomic E-state index is 13.1. The zero-order valence-electron chi connectivity index (χ0n) is 12.8. The highest BCUT2D eigenvalue weighted by molar-refractivity contribution is 6.31. The van der Waals surface area contributed by atoms with Gasteiger partial charge < -0.3 is 9.88 Å². The van der Waals surface area contributed by atoms with Crippen LogP contribution >= 0.6 is 11.6 Å². The highest BCUT2D eigenvalue weighted by Crippen LogP contribution is 2.19. The molecule has 0 aliphatic rings. The largest absolute Gasteiger partial charge is 0.338 e. The molecule has 6 heteroatoms. The van der Waals surface area contributed by atoms with Crippen molar-refractivity contribution in [1.82, 2.24) is 4.57 Å². The third kappa shape index (κ3) is 3.31. The standard InChI is InChI=1S/C18H14ClFN2O2/c1-11-2-5-16-13(8-11)17(23)6-7-22(16)10-18(24)21-12-3-4-15(20)14(19)9-12/h2-9H,10H2,1H3,(H,21,24). The summed E-state index contributed by atoms with van der Waals surface area (Å²) < 4.78 is 14.8. The van der Waals surface area contributed by atoms with Crippen LogP contribution in [0.4, 0.5) is 10.1 Å². The summed E-state index contributed by atoms with van der Waals surface area (Å²) in [5, 5.41) is 3.17. The Labute approximate surface area is 142 Å². The molecule has 0 aliphatic carbocycles. The molecule has 122 valence electrons. The monoisotopic (exact) mass is 344 g/mol. The van der Waals surface area contributed by atoms with Crippen LogP contribution in [0.25, 0.3) is 10.9 Å². The highest BCUT2D eigenvalue weighted by atomic mass is 35.5. The molecular weight excluding hydrogens is 331 g/mol. The van der Waals surface area contributed by atoms with Crippen molar-refractivity contribution < 1.29 is 9.18 Å². The van der Waals surface area contributed by atoms with Gasteiger partial charge in [-0.25, -0.2) is 4.39 Å². The molecule has 1 N–H and O–H groups in total. The zero-order chi connectivity index (χ0) is 17.3. The number of hydrogen-bond donors (Lipinski definition) is 1. The molecule has 0 radical (unpaired) electrons. The summed E-state index contributed by atoms with van der Waals surface area (Å²) in [6.07, 6.45) is 1.58. The van der Waals surface area contributed by atoms with Crippen molar-refractivity contribution in [2.75, 3.05) is 5.32 Å². The maximum Gasteiger partial charge on any atom is 0.244 e. The highest BCUT2D eigenvalue weighted by Gasteiger charge is 2.09. The van der Waals surface area contributed by atoms with Crippen LogP contribution in [-0.4, -0.2) is 10.5 Å². The summed E-state index contributed by atoms with van der Waals surface area (Å²) in [5.74, 6) is -0.848. The third-order valence-electron chi connectivity index (χ3n) is 3.65. The van der Waals surface area contributed by atoms with Gasteiger partial charge in [-0.2, -0.15) is 0 Å². The smallest absolute Gasteiger partial charge is 0.244 e. The first-order chi connectivity index (χ1) is 11.4. The molecular formula is C18H14ClFN2O2. The number of fused-ring (bicyclic) bond motifs is 1. The number of hydrogen-bond acceptors (Lipinski definition) is 2. The lowest BCUT2D eigenvalue weighted by atomic mass is 10.1. The molecule has 0 saturated heterocycles. The lowest BCUT2D eigenvalue weighted by molar-refractivity contribution is -0.116. The summed E-state index contributed by atoms with van der Waals surface area (Å²) in [7, 11) is 0. The van der Waals surface area contributed by atoms with E-state index in [2.05, 4.69) is 5.32 Å². The second kappa shape index (κ2) is 6.45. The summed E-state index contributed by atoms with van der Waals surface area (Å²) in [6, 6.07) is 10.9. The van der Waals surface area contributed by atoms with E-state index < -0.39 is 5.82 Å². The van der Waals surface area contributed by atoms with Crippen molar-refractivity contribution in [3.63, 3.8) is 0 Å². The number of nitrogens with one attached hydrogen (secondary N) is 1. The van der Waals surface area contributed by atoms with E-state index in [1.54, 1.807) is 16.8 Å². The van der Waals surface area contributed by atoms with Gasteiger partial charge in [0.2, 0.25) is 5.91 Å². The van der Waals surface area contributed by atoms with Crippen molar-refractivity contribution >= 4 is 34.1 Å². The minimum absolute atomic E-state index is 0.0227. The van der Waals surface area contributed by atoms with E-state index in [0.717, 1.165) is 5.56 Å². The van der Waals surface area contributed by atoms with Crippen LogP contribution in [0.2, 0.25) is 5.02 Å². The molecule has 0 bridgehead atoms. The molecule has 0 spiro atoms. The van der Waals surface area contributed by atoms with Crippen molar-refractivity contribution in [3.05, 3.63) is 75.3 Å². The Morgan fingerprint density at radius 3 is 2.75 bits per heavy atom. The molecule has 3 aromatic rings. The van der Waals surface area contributed by atoms with Gasteiger partial charge in [0.1, 0.15) is 12.4 Å². The minimum atomic E-state index is -0.545. The second-order valence-electron chi connectivity index (χ2n) is 5.51. The van der Waals surface area contributed by atoms with Gasteiger partial charge in [0, 0.05) is 23.3 Å². The van der Waals surface area contributed by atoms with Crippen LogP contribution in [0.5, 0.6) is 0 Å². The number of carbonyl (C=O) groups is 1. The number of aromatic nitrogens is 1. The van der Waals surface area contributed by atoms with Crippen molar-refractivity contribution in [2.45, 2.75) is 13.5 Å². The number of pyridine rings is 1. The average molecular weight is 345 g/mol. The van der Waals surface area contributed by atoms with Crippen LogP contribution in [0.15, 0.2) is 53.5 Å². The van der Waals surface area contributed by atoms with Gasteiger partial charge in [-0.15, -0.1) is 0 Å². The number of nitrogens with zero attached hydrogens (tertiary/aromatic N) is 1. The first kappa shape index (κ1) is 16.2. The van der Waals surface area contributed by atoms with Crippen LogP contribution in [0.3, 0.4) is 0 Å². The molecule has 3 rings (SSSR count).